The minimum atomic E-state index is -1.76. The van der Waals surface area contributed by atoms with Crippen molar-refractivity contribution in [3.8, 4) is 0 Å². The normalized spacial score (nSPS) is 18.7. The lowest BCUT2D eigenvalue weighted by Crippen LogP contribution is -2.48. The van der Waals surface area contributed by atoms with Crippen LogP contribution in [0.25, 0.3) is 0 Å². The maximum atomic E-state index is 10.6. The van der Waals surface area contributed by atoms with Crippen LogP contribution in [0.15, 0.2) is 0 Å². The highest BCUT2D eigenvalue weighted by Gasteiger charge is 2.34. The van der Waals surface area contributed by atoms with E-state index in [9.17, 15) is 14.7 Å². The lowest BCUT2D eigenvalue weighted by atomic mass is 10.0. The van der Waals surface area contributed by atoms with Gasteiger partial charge in [-0.25, -0.2) is 0 Å². The number of hydrogen-bond acceptors (Lipinski definition) is 7. The summed E-state index contributed by atoms with van der Waals surface area (Å²) in [5.74, 6) is -0.829. The second kappa shape index (κ2) is 6.46. The molecule has 0 aromatic heterocycles. The molecule has 0 heterocycles. The number of aliphatic hydroxyl groups excluding tert-OH is 4. The molecule has 0 saturated heterocycles. The fourth-order valence-electron chi connectivity index (χ4n) is 0.937. The molecule has 0 bridgehead atoms. The number of carbonyl (C=O) groups excluding carboxylic acids is 2. The molecule has 0 aromatic carbocycles. The van der Waals surface area contributed by atoms with Crippen molar-refractivity contribution in [1.29, 1.82) is 0 Å². The SMILES string of the molecule is CC(=O)O[C@H]([C@H](O)[C@H](O)CO)[C@@H](O)C=O. The molecule has 4 N–H and O–H groups in total. The maximum absolute atomic E-state index is 10.6. The predicted molar refractivity (Wildman–Crippen MR) is 46.7 cm³/mol. The third-order valence-electron chi connectivity index (χ3n) is 1.70. The molecule has 4 atom stereocenters. The van der Waals surface area contributed by atoms with Gasteiger partial charge in [0, 0.05) is 6.92 Å². The Hall–Kier alpha value is -1.02. The molecule has 0 spiro atoms. The first-order valence-corrected chi connectivity index (χ1v) is 4.21. The van der Waals surface area contributed by atoms with Gasteiger partial charge in [0.15, 0.2) is 12.4 Å². The molecular formula is C8H14O7. The van der Waals surface area contributed by atoms with Gasteiger partial charge in [-0.15, -0.1) is 0 Å². The molecule has 0 radical (unpaired) electrons. The average Bonchev–Trinajstić information content (AvgIpc) is 2.22. The highest BCUT2D eigenvalue weighted by Crippen LogP contribution is 2.08. The van der Waals surface area contributed by atoms with Crippen LogP contribution in [-0.2, 0) is 14.3 Å². The van der Waals surface area contributed by atoms with E-state index < -0.39 is 37.0 Å². The Kier molecular flexibility index (Phi) is 6.02. The molecule has 0 aliphatic heterocycles. The van der Waals surface area contributed by atoms with E-state index in [0.717, 1.165) is 6.92 Å². The van der Waals surface area contributed by atoms with Crippen LogP contribution >= 0.6 is 0 Å². The molecule has 15 heavy (non-hydrogen) atoms. The molecule has 7 nitrogen and oxygen atoms in total. The fourth-order valence-corrected chi connectivity index (χ4v) is 0.937. The molecule has 0 aromatic rings. The van der Waals surface area contributed by atoms with Crippen LogP contribution in [0.4, 0.5) is 0 Å². The smallest absolute Gasteiger partial charge is 0.303 e. The summed E-state index contributed by atoms with van der Waals surface area (Å²) in [6.07, 6.45) is -6.64. The van der Waals surface area contributed by atoms with Gasteiger partial charge in [0.2, 0.25) is 0 Å². The number of aliphatic hydroxyl groups is 4. The van der Waals surface area contributed by atoms with Crippen molar-refractivity contribution in [2.24, 2.45) is 0 Å². The molecule has 0 saturated carbocycles. The highest BCUT2D eigenvalue weighted by molar-refractivity contribution is 5.67. The van der Waals surface area contributed by atoms with Crippen LogP contribution < -0.4 is 0 Å². The zero-order chi connectivity index (χ0) is 12.0. The van der Waals surface area contributed by atoms with Crippen molar-refractivity contribution in [1.82, 2.24) is 0 Å². The number of carbonyl (C=O) groups is 2. The summed E-state index contributed by atoms with van der Waals surface area (Å²) in [5, 5.41) is 36.0. The van der Waals surface area contributed by atoms with Crippen LogP contribution in [0, 0.1) is 0 Å². The number of aldehydes is 1. The second-order valence-corrected chi connectivity index (χ2v) is 2.94. The summed E-state index contributed by atoms with van der Waals surface area (Å²) >= 11 is 0. The van der Waals surface area contributed by atoms with E-state index >= 15 is 0 Å². The first-order chi connectivity index (χ1) is 6.93. The summed E-state index contributed by atoms with van der Waals surface area (Å²) in [6, 6.07) is 0. The Morgan fingerprint density at radius 1 is 1.40 bits per heavy atom. The Balaban J connectivity index is 4.60. The first-order valence-electron chi connectivity index (χ1n) is 4.21. The van der Waals surface area contributed by atoms with Crippen molar-refractivity contribution < 1.29 is 34.8 Å². The quantitative estimate of drug-likeness (QED) is 0.282. The predicted octanol–water partition coefficient (Wildman–Crippen LogP) is -2.81. The lowest BCUT2D eigenvalue weighted by molar-refractivity contribution is -0.171. The lowest BCUT2D eigenvalue weighted by Gasteiger charge is -2.26. The minimum absolute atomic E-state index is 0.0565. The molecule has 0 aliphatic carbocycles. The van der Waals surface area contributed by atoms with Gasteiger partial charge >= 0.3 is 5.97 Å². The van der Waals surface area contributed by atoms with Crippen molar-refractivity contribution in [2.75, 3.05) is 6.61 Å². The van der Waals surface area contributed by atoms with Gasteiger partial charge in [0.1, 0.15) is 18.3 Å². The second-order valence-electron chi connectivity index (χ2n) is 2.94. The van der Waals surface area contributed by atoms with Crippen LogP contribution in [0.2, 0.25) is 0 Å². The van der Waals surface area contributed by atoms with Crippen LogP contribution in [0.1, 0.15) is 6.92 Å². The number of ether oxygens (including phenoxy) is 1. The maximum Gasteiger partial charge on any atom is 0.303 e. The van der Waals surface area contributed by atoms with Crippen molar-refractivity contribution in [3.63, 3.8) is 0 Å². The first kappa shape index (κ1) is 14.0. The molecule has 0 aliphatic rings. The van der Waals surface area contributed by atoms with Crippen LogP contribution in [0.3, 0.4) is 0 Å². The van der Waals surface area contributed by atoms with Gasteiger partial charge in [-0.05, 0) is 0 Å². The number of rotatable bonds is 6. The Labute approximate surface area is 85.9 Å². The number of esters is 1. The average molecular weight is 222 g/mol. The largest absolute Gasteiger partial charge is 0.456 e. The summed E-state index contributed by atoms with van der Waals surface area (Å²) < 4.78 is 4.45. The van der Waals surface area contributed by atoms with Gasteiger partial charge in [-0.3, -0.25) is 4.79 Å². The van der Waals surface area contributed by atoms with Gasteiger partial charge in [0.25, 0.3) is 0 Å². The molecule has 88 valence electrons. The van der Waals surface area contributed by atoms with Crippen LogP contribution in [-0.4, -0.2) is 63.7 Å². The van der Waals surface area contributed by atoms with E-state index in [1.54, 1.807) is 0 Å². The highest BCUT2D eigenvalue weighted by atomic mass is 16.6. The van der Waals surface area contributed by atoms with Gasteiger partial charge in [-0.2, -0.15) is 0 Å². The van der Waals surface area contributed by atoms with E-state index in [0.29, 0.717) is 0 Å². The molecule has 7 heteroatoms. The summed E-state index contributed by atoms with van der Waals surface area (Å²) in [7, 11) is 0. The van der Waals surface area contributed by atoms with E-state index in [1.165, 1.54) is 0 Å². The monoisotopic (exact) mass is 222 g/mol. The fraction of sp³-hybridized carbons (Fsp3) is 0.750. The van der Waals surface area contributed by atoms with E-state index in [-0.39, 0.29) is 6.29 Å². The minimum Gasteiger partial charge on any atom is -0.456 e. The van der Waals surface area contributed by atoms with E-state index in [4.69, 9.17) is 15.3 Å². The van der Waals surface area contributed by atoms with Crippen molar-refractivity contribution in [2.45, 2.75) is 31.3 Å². The standard InChI is InChI=1S/C8H14O7/c1-4(11)15-8(6(13)3-10)7(14)5(12)2-9/h3,5-9,12-14H,2H2,1H3/t5-,6+,7-,8+/m1/s1. The zero-order valence-electron chi connectivity index (χ0n) is 8.11. The van der Waals surface area contributed by atoms with E-state index in [2.05, 4.69) is 4.74 Å². The third kappa shape index (κ3) is 4.34. The Morgan fingerprint density at radius 2 is 1.93 bits per heavy atom. The van der Waals surface area contributed by atoms with Gasteiger partial charge < -0.3 is 30.0 Å². The summed E-state index contributed by atoms with van der Waals surface area (Å²) in [5.41, 5.74) is 0. The molecular weight excluding hydrogens is 208 g/mol. The zero-order valence-corrected chi connectivity index (χ0v) is 8.11. The Morgan fingerprint density at radius 3 is 2.27 bits per heavy atom. The summed E-state index contributed by atoms with van der Waals surface area (Å²) in [4.78, 5) is 20.8. The Bertz CT molecular complexity index is 217. The van der Waals surface area contributed by atoms with Crippen molar-refractivity contribution >= 4 is 12.3 Å². The molecule has 0 fully saturated rings. The van der Waals surface area contributed by atoms with Crippen molar-refractivity contribution in [3.05, 3.63) is 0 Å². The van der Waals surface area contributed by atoms with Gasteiger partial charge in [0.05, 0.1) is 6.61 Å². The molecule has 0 amide bonds. The molecule has 0 unspecified atom stereocenters. The number of hydrogen-bond donors (Lipinski definition) is 4. The molecule has 0 rings (SSSR count). The van der Waals surface area contributed by atoms with E-state index in [1.807, 2.05) is 0 Å². The summed E-state index contributed by atoms with van der Waals surface area (Å²) in [6.45, 7) is 0.229. The van der Waals surface area contributed by atoms with Crippen LogP contribution in [0.5, 0.6) is 0 Å². The van der Waals surface area contributed by atoms with Gasteiger partial charge in [-0.1, -0.05) is 0 Å². The topological polar surface area (TPSA) is 124 Å². The third-order valence-corrected chi connectivity index (χ3v) is 1.70.